The van der Waals surface area contributed by atoms with Crippen LogP contribution in [0.15, 0.2) is 168 Å². The molecule has 4 aliphatic rings. The monoisotopic (exact) mass is 2170 g/mol. The molecule has 0 unspecified atom stereocenters. The minimum absolute atomic E-state index is 0.0670. The molecule has 4 aromatic rings. The quantitative estimate of drug-likeness (QED) is 0.0175. The fourth-order valence-electron chi connectivity index (χ4n) is 15.3. The highest BCUT2D eigenvalue weighted by atomic mass is 79.9. The zero-order valence-electron chi connectivity index (χ0n) is 94.4. The standard InChI is InChI=1S/C29H46Br2O5Si.C29H48O5Si.C29H46O5Si.C28H46O6Si/c1-20(21(2)36-37(9,10)28(3,4)5)11-16-24(33-19-22-12-14-23(32-8)15-13-22)27-25(17-18-26(30)31)34-29(6,7)35-27;2*1-12-13-26-27(33-29(7,8)32-26)25(31-20-23-15-17-24(30-9)18-16-23)19-14-21(2)22(3)34-35(10,11)28(4,5)6;1-20(21(2)34-35(9,10)27(3,4)5)11-16-24(26-25(17-18-29)32-28(6,7)33-26)31-19-22-12-14-23(30-8)15-13-22/h11-16,18,20-21,24-25,27H,17,19H2,1-10H3;12,14-19,21-22,25-27H,1,13,20H2,2-11H3;1,14-19,21-22,25-27H,13,20H2,2-11H3;11-16,18,20-21,24-26H,17,19H2,1-10H3/b16-11-;2*19-14-;16-11-/t20-,21-,24-,25+,27-;21-,22+,25-,26+,27-;21-,22-,25-,26+,27-;20-,21-,24-,25+,26-/m1111/s1. The number of benzene rings is 4. The van der Waals surface area contributed by atoms with Crippen molar-refractivity contribution in [1.82, 2.24) is 0 Å². The van der Waals surface area contributed by atoms with Gasteiger partial charge in [-0.25, -0.2) is 0 Å². The molecule has 802 valence electrons. The van der Waals surface area contributed by atoms with Crippen LogP contribution in [0, 0.1) is 36.0 Å². The first kappa shape index (κ1) is 127. The number of aldehydes is 1. The van der Waals surface area contributed by atoms with Crippen molar-refractivity contribution in [1.29, 1.82) is 0 Å². The predicted octanol–water partition coefficient (Wildman–Crippen LogP) is 29.0. The number of hydrogen-bond donors (Lipinski definition) is 0. The van der Waals surface area contributed by atoms with Crippen molar-refractivity contribution in [2.75, 3.05) is 28.4 Å². The first-order chi connectivity index (χ1) is 65.6. The molecule has 0 aliphatic carbocycles. The third-order valence-corrected chi connectivity index (χ3v) is 47.6. The van der Waals surface area contributed by atoms with Gasteiger partial charge in [-0.15, -0.1) is 18.9 Å². The molecule has 0 aromatic heterocycles. The maximum absolute atomic E-state index is 11.3. The Bertz CT molecular complexity index is 4430. The Labute approximate surface area is 880 Å². The van der Waals surface area contributed by atoms with Crippen LogP contribution in [0.5, 0.6) is 23.0 Å². The second-order valence-corrected chi connectivity index (χ2v) is 68.2. The molecule has 4 saturated heterocycles. The van der Waals surface area contributed by atoms with Crippen molar-refractivity contribution in [2.45, 2.75) is 439 Å². The van der Waals surface area contributed by atoms with Crippen molar-refractivity contribution in [3.05, 3.63) is 190 Å². The summed E-state index contributed by atoms with van der Waals surface area (Å²) in [5, 5.41) is 0.655. The first-order valence-electron chi connectivity index (χ1n) is 51.0. The molecule has 142 heavy (non-hydrogen) atoms. The molecule has 0 N–H and O–H groups in total. The van der Waals surface area contributed by atoms with E-state index in [1.54, 1.807) is 28.4 Å². The normalized spacial score (nSPS) is 23.0. The summed E-state index contributed by atoms with van der Waals surface area (Å²) in [7, 11) is -0.813. The van der Waals surface area contributed by atoms with E-state index in [0.29, 0.717) is 45.7 Å². The van der Waals surface area contributed by atoms with Gasteiger partial charge < -0.3 is 98.3 Å². The molecule has 21 nitrogen and oxygen atoms in total. The average Bonchev–Trinajstić information content (AvgIpc) is 1.68. The molecule has 8 rings (SSSR count). The van der Waals surface area contributed by atoms with Gasteiger partial charge in [0.05, 0.1) is 76.6 Å². The molecule has 0 saturated carbocycles. The van der Waals surface area contributed by atoms with E-state index in [9.17, 15) is 4.79 Å². The minimum Gasteiger partial charge on any atom is -0.497 e. The van der Waals surface area contributed by atoms with Crippen LogP contribution >= 0.6 is 31.9 Å². The van der Waals surface area contributed by atoms with E-state index in [0.717, 1.165) is 54.9 Å². The van der Waals surface area contributed by atoms with Crippen LogP contribution < -0.4 is 18.9 Å². The highest BCUT2D eigenvalue weighted by Gasteiger charge is 2.51. The van der Waals surface area contributed by atoms with Gasteiger partial charge in [0, 0.05) is 37.3 Å². The van der Waals surface area contributed by atoms with Crippen LogP contribution in [0.3, 0.4) is 0 Å². The lowest BCUT2D eigenvalue weighted by molar-refractivity contribution is -0.157. The van der Waals surface area contributed by atoms with Gasteiger partial charge in [0.1, 0.15) is 84.2 Å². The van der Waals surface area contributed by atoms with Gasteiger partial charge in [-0.05, 0) is 295 Å². The maximum Gasteiger partial charge on any atom is 0.192 e. The van der Waals surface area contributed by atoms with Gasteiger partial charge in [0.15, 0.2) is 56.4 Å². The molecule has 0 radical (unpaired) electrons. The number of carbonyl (C=O) groups is 1. The summed E-state index contributed by atoms with van der Waals surface area (Å²) in [6.07, 6.45) is 26.7. The number of terminal acetylenes is 1. The number of halogens is 2. The Morgan fingerprint density at radius 1 is 0.359 bits per heavy atom. The Kier molecular flexibility index (Phi) is 50.4. The molecule has 4 fully saturated rings. The van der Waals surface area contributed by atoms with Crippen LogP contribution in [0.2, 0.25) is 72.5 Å². The molecule has 4 aromatic carbocycles. The summed E-state index contributed by atoms with van der Waals surface area (Å²) in [4.78, 5) is 11.3. The third-order valence-electron chi connectivity index (χ3n) is 28.7. The van der Waals surface area contributed by atoms with Gasteiger partial charge in [0.2, 0.25) is 0 Å². The van der Waals surface area contributed by atoms with E-state index in [4.69, 9.17) is 99.9 Å². The summed E-state index contributed by atoms with van der Waals surface area (Å²) in [5.41, 5.74) is 4.22. The van der Waals surface area contributed by atoms with E-state index in [1.165, 1.54) is 0 Å². The summed E-state index contributed by atoms with van der Waals surface area (Å²) in [5.74, 6) is 3.97. The zero-order valence-corrected chi connectivity index (χ0v) is 102. The Morgan fingerprint density at radius 2 is 0.570 bits per heavy atom. The molecule has 0 amide bonds. The van der Waals surface area contributed by atoms with Crippen molar-refractivity contribution in [2.24, 2.45) is 23.7 Å². The lowest BCUT2D eigenvalue weighted by Crippen LogP contribution is -2.44. The Morgan fingerprint density at radius 3 is 0.768 bits per heavy atom. The van der Waals surface area contributed by atoms with Gasteiger partial charge in [0.25, 0.3) is 0 Å². The topological polar surface area (TPSA) is 202 Å². The van der Waals surface area contributed by atoms with Crippen LogP contribution in [0.4, 0.5) is 0 Å². The summed E-state index contributed by atoms with van der Waals surface area (Å²) >= 11 is 6.92. The highest BCUT2D eigenvalue weighted by Crippen LogP contribution is 2.45. The SMILES string of the molecule is C#CC[C@@H]1OC(C)(C)O[C@@H]1[C@@H](/C=C\[C@@H](C)[C@@H](C)O[Si](C)(C)C(C)(C)C)OCc1ccc(OC)cc1.C=CC[C@@H]1OC(C)(C)O[C@@H]1[C@@H](/C=C\[C@@H](C)[C@H](C)O[Si](C)(C)C(C)(C)C)OCc1ccc(OC)cc1.COc1ccc(CO[C@H](/C=C\[C@@H](C)[C@@H](C)O[Si](C)(C)C(C)(C)C)[C@H]2OC(C)(C)O[C@H]2CC=C(Br)Br)cc1.COc1ccc(CO[C@H](/C=C\[C@@H](C)[C@@H](C)O[Si](C)(C)C(C)(C)C)[C@H]2OC(C)(C)O[C@H]2CC=O)cc1. The molecular weight excluding hydrogens is 1990 g/mol. The van der Waals surface area contributed by atoms with E-state index < -0.39 is 62.5 Å². The van der Waals surface area contributed by atoms with Crippen LogP contribution in [0.25, 0.3) is 0 Å². The second-order valence-electron chi connectivity index (χ2n) is 46.4. The van der Waals surface area contributed by atoms with Crippen LogP contribution in [0.1, 0.15) is 242 Å². The third kappa shape index (κ3) is 41.7. The molecule has 20 atom stereocenters. The van der Waals surface area contributed by atoms with Crippen molar-refractivity contribution >= 4 is 71.4 Å². The number of carbonyl (C=O) groups excluding carboxylic acids is 1. The number of rotatable bonds is 47. The van der Waals surface area contributed by atoms with E-state index >= 15 is 0 Å². The summed E-state index contributed by atoms with van der Waals surface area (Å²) in [6.45, 7) is 83.9. The van der Waals surface area contributed by atoms with Gasteiger partial charge in [-0.2, -0.15) is 0 Å². The smallest absolute Gasteiger partial charge is 0.192 e. The van der Waals surface area contributed by atoms with Crippen molar-refractivity contribution in [3.63, 3.8) is 0 Å². The molecular formula is C115H186Br2O21Si4. The van der Waals surface area contributed by atoms with Gasteiger partial charge >= 0.3 is 0 Å². The fraction of sp³-hybridized carbons (Fsp3) is 0.661. The maximum atomic E-state index is 11.3. The zero-order chi connectivity index (χ0) is 107. The largest absolute Gasteiger partial charge is 0.497 e. The van der Waals surface area contributed by atoms with Crippen molar-refractivity contribution in [3.8, 4) is 35.3 Å². The van der Waals surface area contributed by atoms with Gasteiger partial charge in [-0.3, -0.25) is 0 Å². The summed E-state index contributed by atoms with van der Waals surface area (Å²) in [6, 6.07) is 31.6. The Balaban J connectivity index is 0.000000334. The first-order valence-corrected chi connectivity index (χ1v) is 64.2. The van der Waals surface area contributed by atoms with Crippen LogP contribution in [-0.2, 0) is 106 Å². The highest BCUT2D eigenvalue weighted by molar-refractivity contribution is 9.28. The minimum atomic E-state index is -1.88. The molecule has 0 bridgehead atoms. The predicted molar refractivity (Wildman–Crippen MR) is 595 cm³/mol. The molecule has 4 aliphatic heterocycles. The summed E-state index contributed by atoms with van der Waals surface area (Å²) < 4.78 is 124. The lowest BCUT2D eigenvalue weighted by Gasteiger charge is -2.39. The fourth-order valence-corrected chi connectivity index (χ4v) is 21.7. The lowest BCUT2D eigenvalue weighted by atomic mass is 10.0. The van der Waals surface area contributed by atoms with E-state index in [-0.39, 0.29) is 142 Å². The van der Waals surface area contributed by atoms with E-state index in [2.05, 4.69) is 278 Å². The van der Waals surface area contributed by atoms with Crippen molar-refractivity contribution < 1.29 is 98.3 Å². The number of methoxy groups -OCH3 is 4. The molecule has 4 heterocycles. The van der Waals surface area contributed by atoms with Crippen LogP contribution in [-0.4, -0.2) is 189 Å². The van der Waals surface area contributed by atoms with Gasteiger partial charge in [-0.1, -0.05) is 220 Å². The number of ether oxygens (including phenoxy) is 16. The van der Waals surface area contributed by atoms with E-state index in [1.807, 2.05) is 171 Å². The Hall–Kier alpha value is -5.06. The number of hydrogen-bond acceptors (Lipinski definition) is 21. The average molecular weight is 2180 g/mol. The molecule has 27 heteroatoms. The molecule has 0 spiro atoms. The second kappa shape index (κ2) is 56.2.